The van der Waals surface area contributed by atoms with E-state index in [0.717, 1.165) is 0 Å². The third kappa shape index (κ3) is 3.74. The number of aliphatic carboxylic acids is 1. The molecule has 1 aromatic carbocycles. The summed E-state index contributed by atoms with van der Waals surface area (Å²) in [6.45, 7) is 0. The van der Waals surface area contributed by atoms with Crippen LogP contribution in [0.2, 0.25) is 5.02 Å². The molecule has 5 nitrogen and oxygen atoms in total. The molecule has 0 saturated carbocycles. The predicted molar refractivity (Wildman–Crippen MR) is 80.0 cm³/mol. The molecule has 0 spiro atoms. The second-order valence-corrected chi connectivity index (χ2v) is 5.69. The minimum absolute atomic E-state index is 0.276. The van der Waals surface area contributed by atoms with Crippen LogP contribution in [0.5, 0.6) is 0 Å². The van der Waals surface area contributed by atoms with Crippen molar-refractivity contribution in [1.82, 2.24) is 5.32 Å². The highest BCUT2D eigenvalue weighted by atomic mass is 79.9. The maximum absolute atomic E-state index is 11.8. The third-order valence-corrected chi connectivity index (χ3v) is 3.79. The van der Waals surface area contributed by atoms with Gasteiger partial charge in [0.15, 0.2) is 0 Å². The number of hydrogen-bond donors (Lipinski definition) is 3. The first-order valence-electron chi connectivity index (χ1n) is 5.89. The van der Waals surface area contributed by atoms with E-state index in [0.29, 0.717) is 21.6 Å². The number of carbonyl (C=O) groups is 2. The SMILES string of the molecule is O=C(Nc1ccc(Cl)cc1Br)NC1C=CC(C(=O)O)C1. The van der Waals surface area contributed by atoms with Crippen molar-refractivity contribution in [3.8, 4) is 0 Å². The smallest absolute Gasteiger partial charge is 0.319 e. The van der Waals surface area contributed by atoms with Crippen molar-refractivity contribution in [1.29, 1.82) is 0 Å². The monoisotopic (exact) mass is 358 g/mol. The van der Waals surface area contributed by atoms with Crippen molar-refractivity contribution in [2.75, 3.05) is 5.32 Å². The van der Waals surface area contributed by atoms with Crippen molar-refractivity contribution < 1.29 is 14.7 Å². The van der Waals surface area contributed by atoms with E-state index >= 15 is 0 Å². The number of anilines is 1. The maximum Gasteiger partial charge on any atom is 0.319 e. The first-order chi connectivity index (χ1) is 9.45. The van der Waals surface area contributed by atoms with Gasteiger partial charge in [-0.1, -0.05) is 23.8 Å². The molecule has 1 aliphatic rings. The van der Waals surface area contributed by atoms with Crippen LogP contribution in [-0.2, 0) is 4.79 Å². The van der Waals surface area contributed by atoms with Gasteiger partial charge in [-0.2, -0.15) is 0 Å². The molecule has 2 rings (SSSR count). The van der Waals surface area contributed by atoms with Crippen LogP contribution in [0, 0.1) is 5.92 Å². The zero-order valence-electron chi connectivity index (χ0n) is 10.3. The highest BCUT2D eigenvalue weighted by molar-refractivity contribution is 9.10. The lowest BCUT2D eigenvalue weighted by atomic mass is 10.1. The Morgan fingerprint density at radius 3 is 2.70 bits per heavy atom. The molecule has 0 bridgehead atoms. The van der Waals surface area contributed by atoms with Gasteiger partial charge in [0.1, 0.15) is 0 Å². The molecule has 106 valence electrons. The molecule has 2 atom stereocenters. The van der Waals surface area contributed by atoms with Crippen molar-refractivity contribution in [2.45, 2.75) is 12.5 Å². The fraction of sp³-hybridized carbons (Fsp3) is 0.231. The first kappa shape index (κ1) is 14.9. The first-order valence-corrected chi connectivity index (χ1v) is 7.06. The van der Waals surface area contributed by atoms with Crippen molar-refractivity contribution in [3.05, 3.63) is 39.8 Å². The molecule has 0 aromatic heterocycles. The van der Waals surface area contributed by atoms with Gasteiger partial charge in [0.25, 0.3) is 0 Å². The summed E-state index contributed by atoms with van der Waals surface area (Å²) >= 11 is 9.11. The number of hydrogen-bond acceptors (Lipinski definition) is 2. The van der Waals surface area contributed by atoms with Gasteiger partial charge < -0.3 is 15.7 Å². The number of carboxylic acids is 1. The van der Waals surface area contributed by atoms with Crippen LogP contribution in [0.4, 0.5) is 10.5 Å². The number of carboxylic acid groups (broad SMARTS) is 1. The second kappa shape index (κ2) is 6.28. The van der Waals surface area contributed by atoms with Gasteiger partial charge in [-0.25, -0.2) is 4.79 Å². The molecule has 0 heterocycles. The summed E-state index contributed by atoms with van der Waals surface area (Å²) in [6.07, 6.45) is 3.64. The number of rotatable bonds is 3. The molecule has 0 fully saturated rings. The number of benzene rings is 1. The molecule has 3 N–H and O–H groups in total. The normalized spacial score (nSPS) is 20.7. The van der Waals surface area contributed by atoms with Crippen LogP contribution in [0.1, 0.15) is 6.42 Å². The average Bonchev–Trinajstić information content (AvgIpc) is 2.81. The van der Waals surface area contributed by atoms with Gasteiger partial charge in [-0.05, 0) is 40.5 Å². The second-order valence-electron chi connectivity index (χ2n) is 4.39. The van der Waals surface area contributed by atoms with Crippen LogP contribution in [0.25, 0.3) is 0 Å². The quantitative estimate of drug-likeness (QED) is 0.725. The Bertz CT molecular complexity index is 577. The van der Waals surface area contributed by atoms with E-state index in [1.165, 1.54) is 0 Å². The van der Waals surface area contributed by atoms with Crippen LogP contribution in [-0.4, -0.2) is 23.1 Å². The van der Waals surface area contributed by atoms with E-state index in [4.69, 9.17) is 16.7 Å². The van der Waals surface area contributed by atoms with Gasteiger partial charge in [0, 0.05) is 9.50 Å². The molecule has 1 aromatic rings. The topological polar surface area (TPSA) is 78.4 Å². The molecule has 7 heteroatoms. The molecular formula is C13H12BrClN2O3. The molecule has 0 saturated heterocycles. The zero-order chi connectivity index (χ0) is 14.7. The van der Waals surface area contributed by atoms with Crippen molar-refractivity contribution >= 4 is 45.2 Å². The number of urea groups is 1. The van der Waals surface area contributed by atoms with Crippen LogP contribution >= 0.6 is 27.5 Å². The number of halogens is 2. The summed E-state index contributed by atoms with van der Waals surface area (Å²) in [7, 11) is 0. The molecule has 0 radical (unpaired) electrons. The number of nitrogens with one attached hydrogen (secondary N) is 2. The van der Waals surface area contributed by atoms with Crippen LogP contribution in [0.3, 0.4) is 0 Å². The Kier molecular flexibility index (Phi) is 4.67. The summed E-state index contributed by atoms with van der Waals surface area (Å²) in [4.78, 5) is 22.6. The molecule has 0 aliphatic heterocycles. The Balaban J connectivity index is 1.90. The fourth-order valence-electron chi connectivity index (χ4n) is 1.91. The van der Waals surface area contributed by atoms with E-state index in [1.54, 1.807) is 30.4 Å². The lowest BCUT2D eigenvalue weighted by Crippen LogP contribution is -2.36. The van der Waals surface area contributed by atoms with Crippen molar-refractivity contribution in [2.24, 2.45) is 5.92 Å². The number of amides is 2. The average molecular weight is 360 g/mol. The molecule has 2 unspecified atom stereocenters. The molecular weight excluding hydrogens is 348 g/mol. The maximum atomic E-state index is 11.8. The Labute approximate surface area is 129 Å². The fourth-order valence-corrected chi connectivity index (χ4v) is 2.69. The summed E-state index contributed by atoms with van der Waals surface area (Å²) in [5, 5.41) is 14.8. The highest BCUT2D eigenvalue weighted by Crippen LogP contribution is 2.26. The highest BCUT2D eigenvalue weighted by Gasteiger charge is 2.25. The van der Waals surface area contributed by atoms with Gasteiger partial charge in [0.05, 0.1) is 17.6 Å². The summed E-state index contributed by atoms with van der Waals surface area (Å²) in [5.41, 5.74) is 0.587. The largest absolute Gasteiger partial charge is 0.481 e. The zero-order valence-corrected chi connectivity index (χ0v) is 12.6. The third-order valence-electron chi connectivity index (χ3n) is 2.90. The Hall–Kier alpha value is -1.53. The standard InChI is InChI=1S/C13H12BrClN2O3/c14-10-6-8(15)2-4-11(10)17-13(20)16-9-3-1-7(5-9)12(18)19/h1-4,6-7,9H,5H2,(H,18,19)(H2,16,17,20). The minimum Gasteiger partial charge on any atom is -0.481 e. The van der Waals surface area contributed by atoms with E-state index in [9.17, 15) is 9.59 Å². The summed E-state index contributed by atoms with van der Waals surface area (Å²) in [5.74, 6) is -1.42. The van der Waals surface area contributed by atoms with E-state index < -0.39 is 17.9 Å². The van der Waals surface area contributed by atoms with E-state index in [-0.39, 0.29) is 6.04 Å². The lowest BCUT2D eigenvalue weighted by Gasteiger charge is -2.14. The van der Waals surface area contributed by atoms with Gasteiger partial charge >= 0.3 is 12.0 Å². The summed E-state index contributed by atoms with van der Waals surface area (Å²) < 4.78 is 0.672. The van der Waals surface area contributed by atoms with Crippen LogP contribution in [0.15, 0.2) is 34.8 Å². The van der Waals surface area contributed by atoms with Gasteiger partial charge in [0.2, 0.25) is 0 Å². The van der Waals surface area contributed by atoms with Gasteiger partial charge in [-0.15, -0.1) is 0 Å². The van der Waals surface area contributed by atoms with Gasteiger partial charge in [-0.3, -0.25) is 4.79 Å². The Morgan fingerprint density at radius 1 is 1.35 bits per heavy atom. The Morgan fingerprint density at radius 2 is 2.10 bits per heavy atom. The van der Waals surface area contributed by atoms with E-state index in [1.807, 2.05) is 0 Å². The van der Waals surface area contributed by atoms with Crippen molar-refractivity contribution in [3.63, 3.8) is 0 Å². The number of carbonyl (C=O) groups excluding carboxylic acids is 1. The predicted octanol–water partition coefficient (Wildman–Crippen LogP) is 3.25. The molecule has 1 aliphatic carbocycles. The molecule has 2 amide bonds. The van der Waals surface area contributed by atoms with E-state index in [2.05, 4.69) is 26.6 Å². The molecule has 20 heavy (non-hydrogen) atoms. The lowest BCUT2D eigenvalue weighted by molar-refractivity contribution is -0.140. The minimum atomic E-state index is -0.883. The summed E-state index contributed by atoms with van der Waals surface area (Å²) in [6, 6.07) is 4.34. The van der Waals surface area contributed by atoms with Crippen LogP contribution < -0.4 is 10.6 Å².